The molecule has 0 bridgehead atoms. The minimum atomic E-state index is -0.369. The van der Waals surface area contributed by atoms with Crippen LogP contribution in [0.1, 0.15) is 33.1 Å². The van der Waals surface area contributed by atoms with Crippen molar-refractivity contribution >= 4 is 18.3 Å². The quantitative estimate of drug-likeness (QED) is 0.848. The summed E-state index contributed by atoms with van der Waals surface area (Å²) in [7, 11) is 0. The van der Waals surface area contributed by atoms with E-state index in [1.807, 2.05) is 11.8 Å². The molecule has 2 aliphatic rings. The fourth-order valence-electron chi connectivity index (χ4n) is 2.66. The lowest BCUT2D eigenvalue weighted by Gasteiger charge is -2.35. The van der Waals surface area contributed by atoms with E-state index in [4.69, 9.17) is 9.47 Å². The van der Waals surface area contributed by atoms with Crippen molar-refractivity contribution < 1.29 is 14.3 Å². The van der Waals surface area contributed by atoms with Crippen molar-refractivity contribution in [2.45, 2.75) is 51.4 Å². The van der Waals surface area contributed by atoms with E-state index in [0.29, 0.717) is 6.61 Å². The number of nitrogens with one attached hydrogen (secondary N) is 1. The number of hydrogen-bond donors (Lipinski definition) is 1. The highest BCUT2D eigenvalue weighted by molar-refractivity contribution is 5.85. The van der Waals surface area contributed by atoms with Gasteiger partial charge in [0, 0.05) is 32.3 Å². The molecule has 2 fully saturated rings. The van der Waals surface area contributed by atoms with Gasteiger partial charge in [-0.15, -0.1) is 12.4 Å². The molecule has 2 heterocycles. The van der Waals surface area contributed by atoms with E-state index >= 15 is 0 Å². The van der Waals surface area contributed by atoms with Gasteiger partial charge in [-0.2, -0.15) is 0 Å². The summed E-state index contributed by atoms with van der Waals surface area (Å²) >= 11 is 0. The number of halogens is 1. The lowest BCUT2D eigenvalue weighted by molar-refractivity contribution is -0.148. The SMILES string of the molecule is CC(OCC1CCCCO1)C(=O)N1CCNC[C@@H]1C.Cl. The van der Waals surface area contributed by atoms with Crippen LogP contribution in [0.15, 0.2) is 0 Å². The molecule has 118 valence electrons. The average molecular weight is 307 g/mol. The van der Waals surface area contributed by atoms with Gasteiger partial charge in [0.1, 0.15) is 6.10 Å². The molecular weight excluding hydrogens is 280 g/mol. The molecule has 2 unspecified atom stereocenters. The molecule has 6 heteroatoms. The third kappa shape index (κ3) is 4.88. The summed E-state index contributed by atoms with van der Waals surface area (Å²) in [6, 6.07) is 0.248. The minimum Gasteiger partial charge on any atom is -0.376 e. The smallest absolute Gasteiger partial charge is 0.251 e. The Morgan fingerprint density at radius 2 is 2.30 bits per heavy atom. The third-order valence-corrected chi connectivity index (χ3v) is 3.94. The molecule has 0 aromatic carbocycles. The lowest BCUT2D eigenvalue weighted by atomic mass is 10.1. The van der Waals surface area contributed by atoms with Crippen LogP contribution in [0.5, 0.6) is 0 Å². The van der Waals surface area contributed by atoms with Crippen LogP contribution in [-0.4, -0.2) is 61.9 Å². The summed E-state index contributed by atoms with van der Waals surface area (Å²) in [6.45, 7) is 7.78. The molecule has 0 aromatic heterocycles. The zero-order valence-corrected chi connectivity index (χ0v) is 13.3. The number of ether oxygens (including phenoxy) is 2. The summed E-state index contributed by atoms with van der Waals surface area (Å²) in [5.41, 5.74) is 0. The summed E-state index contributed by atoms with van der Waals surface area (Å²) in [5.74, 6) is 0.102. The van der Waals surface area contributed by atoms with E-state index in [2.05, 4.69) is 12.2 Å². The van der Waals surface area contributed by atoms with Gasteiger partial charge in [0.25, 0.3) is 5.91 Å². The topological polar surface area (TPSA) is 50.8 Å². The predicted molar refractivity (Wildman–Crippen MR) is 80.3 cm³/mol. The van der Waals surface area contributed by atoms with Crippen molar-refractivity contribution in [3.63, 3.8) is 0 Å². The monoisotopic (exact) mass is 306 g/mol. The van der Waals surface area contributed by atoms with Crippen LogP contribution < -0.4 is 5.32 Å². The van der Waals surface area contributed by atoms with Crippen molar-refractivity contribution in [3.05, 3.63) is 0 Å². The van der Waals surface area contributed by atoms with Crippen molar-refractivity contribution in [2.24, 2.45) is 0 Å². The van der Waals surface area contributed by atoms with E-state index in [1.165, 1.54) is 6.42 Å². The zero-order chi connectivity index (χ0) is 13.7. The molecule has 1 amide bonds. The molecule has 3 atom stereocenters. The molecule has 0 aromatic rings. The second kappa shape index (κ2) is 8.82. The van der Waals surface area contributed by atoms with Gasteiger partial charge in [0.05, 0.1) is 12.7 Å². The molecule has 0 radical (unpaired) electrons. The van der Waals surface area contributed by atoms with Crippen molar-refractivity contribution in [3.8, 4) is 0 Å². The first-order chi connectivity index (χ1) is 9.18. The molecule has 0 spiro atoms. The number of hydrogen-bond acceptors (Lipinski definition) is 4. The first-order valence-electron chi connectivity index (χ1n) is 7.43. The van der Waals surface area contributed by atoms with Gasteiger partial charge in [-0.25, -0.2) is 0 Å². The van der Waals surface area contributed by atoms with E-state index in [9.17, 15) is 4.79 Å². The fraction of sp³-hybridized carbons (Fsp3) is 0.929. The van der Waals surface area contributed by atoms with Gasteiger partial charge in [-0.1, -0.05) is 0 Å². The van der Waals surface area contributed by atoms with Crippen LogP contribution in [0.2, 0.25) is 0 Å². The highest BCUT2D eigenvalue weighted by Crippen LogP contribution is 2.14. The van der Waals surface area contributed by atoms with E-state index in [0.717, 1.165) is 39.1 Å². The largest absolute Gasteiger partial charge is 0.376 e. The molecule has 20 heavy (non-hydrogen) atoms. The standard InChI is InChI=1S/C14H26N2O3.ClH/c1-11-9-15-6-7-16(11)14(17)12(2)19-10-13-5-3-4-8-18-13;/h11-13,15H,3-10H2,1-2H3;1H/t11-,12?,13?;/m0./s1. The highest BCUT2D eigenvalue weighted by Gasteiger charge is 2.28. The number of rotatable bonds is 4. The molecule has 0 saturated carbocycles. The normalized spacial score (nSPS) is 28.6. The lowest BCUT2D eigenvalue weighted by Crippen LogP contribution is -2.55. The summed E-state index contributed by atoms with van der Waals surface area (Å²) in [6.07, 6.45) is 3.19. The van der Waals surface area contributed by atoms with Crippen LogP contribution in [0.3, 0.4) is 0 Å². The Bertz CT molecular complexity index is 298. The number of carbonyl (C=O) groups is 1. The summed E-state index contributed by atoms with van der Waals surface area (Å²) in [5, 5.41) is 3.29. The zero-order valence-electron chi connectivity index (χ0n) is 12.5. The number of carbonyl (C=O) groups excluding carboxylic acids is 1. The Balaban J connectivity index is 0.00000200. The highest BCUT2D eigenvalue weighted by atomic mass is 35.5. The Morgan fingerprint density at radius 1 is 1.50 bits per heavy atom. The number of amides is 1. The predicted octanol–water partition coefficient (Wildman–Crippen LogP) is 1.20. The fourth-order valence-corrected chi connectivity index (χ4v) is 2.66. The first-order valence-corrected chi connectivity index (χ1v) is 7.43. The molecule has 0 aliphatic carbocycles. The molecule has 2 saturated heterocycles. The molecular formula is C14H27ClN2O3. The Kier molecular flexibility index (Phi) is 7.80. The maximum absolute atomic E-state index is 12.3. The van der Waals surface area contributed by atoms with Gasteiger partial charge >= 0.3 is 0 Å². The maximum atomic E-state index is 12.3. The third-order valence-electron chi connectivity index (χ3n) is 3.94. The van der Waals surface area contributed by atoms with Crippen LogP contribution >= 0.6 is 12.4 Å². The van der Waals surface area contributed by atoms with Gasteiger partial charge < -0.3 is 19.7 Å². The van der Waals surface area contributed by atoms with Crippen LogP contribution in [0.25, 0.3) is 0 Å². The van der Waals surface area contributed by atoms with Crippen LogP contribution in [0, 0.1) is 0 Å². The van der Waals surface area contributed by atoms with E-state index in [-0.39, 0.29) is 36.6 Å². The van der Waals surface area contributed by atoms with Crippen molar-refractivity contribution in [1.82, 2.24) is 10.2 Å². The maximum Gasteiger partial charge on any atom is 0.251 e. The van der Waals surface area contributed by atoms with Crippen LogP contribution in [-0.2, 0) is 14.3 Å². The van der Waals surface area contributed by atoms with Crippen molar-refractivity contribution in [1.29, 1.82) is 0 Å². The molecule has 1 N–H and O–H groups in total. The Hall–Kier alpha value is -0.360. The molecule has 2 rings (SSSR count). The average Bonchev–Trinajstić information content (AvgIpc) is 2.45. The van der Waals surface area contributed by atoms with E-state index in [1.54, 1.807) is 0 Å². The Labute approximate surface area is 127 Å². The number of nitrogens with zero attached hydrogens (tertiary/aromatic N) is 1. The van der Waals surface area contributed by atoms with E-state index < -0.39 is 0 Å². The molecule has 5 nitrogen and oxygen atoms in total. The van der Waals surface area contributed by atoms with Gasteiger partial charge in [0.2, 0.25) is 0 Å². The second-order valence-corrected chi connectivity index (χ2v) is 5.55. The van der Waals surface area contributed by atoms with Gasteiger partial charge in [0.15, 0.2) is 0 Å². The van der Waals surface area contributed by atoms with Gasteiger partial charge in [-0.05, 0) is 33.1 Å². The van der Waals surface area contributed by atoms with Crippen LogP contribution in [0.4, 0.5) is 0 Å². The second-order valence-electron chi connectivity index (χ2n) is 5.55. The first kappa shape index (κ1) is 17.7. The summed E-state index contributed by atoms with van der Waals surface area (Å²) < 4.78 is 11.3. The Morgan fingerprint density at radius 3 is 2.95 bits per heavy atom. The minimum absolute atomic E-state index is 0. The summed E-state index contributed by atoms with van der Waals surface area (Å²) in [4.78, 5) is 14.2. The van der Waals surface area contributed by atoms with Gasteiger partial charge in [-0.3, -0.25) is 4.79 Å². The van der Waals surface area contributed by atoms with Crippen molar-refractivity contribution in [2.75, 3.05) is 32.8 Å². The molecule has 2 aliphatic heterocycles. The number of piperazine rings is 1.